The molecule has 0 aliphatic carbocycles. The Morgan fingerprint density at radius 2 is 1.58 bits per heavy atom. The molecule has 228 valence electrons. The van der Waals surface area contributed by atoms with Crippen molar-refractivity contribution in [3.05, 3.63) is 77.0 Å². The first-order valence-electron chi connectivity index (χ1n) is 16.0. The van der Waals surface area contributed by atoms with Gasteiger partial charge in [0.25, 0.3) is 5.91 Å². The molecule has 1 amide bonds. The molecule has 9 heteroatoms. The summed E-state index contributed by atoms with van der Waals surface area (Å²) in [5.41, 5.74) is 5.25. The molecule has 0 spiro atoms. The Bertz CT molecular complexity index is 1320. The van der Waals surface area contributed by atoms with Crippen LogP contribution in [0.25, 0.3) is 11.4 Å². The Labute approximate surface area is 255 Å². The molecule has 9 nitrogen and oxygen atoms in total. The van der Waals surface area contributed by atoms with E-state index in [1.54, 1.807) is 0 Å². The van der Waals surface area contributed by atoms with Crippen molar-refractivity contribution in [1.82, 2.24) is 30.0 Å². The van der Waals surface area contributed by atoms with Gasteiger partial charge >= 0.3 is 0 Å². The van der Waals surface area contributed by atoms with Gasteiger partial charge < -0.3 is 20.3 Å². The third-order valence-corrected chi connectivity index (χ3v) is 8.75. The van der Waals surface area contributed by atoms with Gasteiger partial charge in [-0.2, -0.15) is 0 Å². The summed E-state index contributed by atoms with van der Waals surface area (Å²) >= 11 is 0. The van der Waals surface area contributed by atoms with Crippen LogP contribution in [0.5, 0.6) is 0 Å². The molecule has 4 heterocycles. The molecular formula is C34H45N7O2. The van der Waals surface area contributed by atoms with Crippen molar-refractivity contribution in [3.8, 4) is 11.4 Å². The lowest BCUT2D eigenvalue weighted by Crippen LogP contribution is -2.41. The summed E-state index contributed by atoms with van der Waals surface area (Å²) < 4.78 is 5.41. The number of hydrogen-bond donors (Lipinski definition) is 2. The second-order valence-corrected chi connectivity index (χ2v) is 11.9. The minimum atomic E-state index is -0.0509. The van der Waals surface area contributed by atoms with Crippen LogP contribution >= 0.6 is 0 Å². The average molecular weight is 584 g/mol. The van der Waals surface area contributed by atoms with Crippen LogP contribution < -0.4 is 10.6 Å². The number of carbonyl (C=O) groups is 1. The van der Waals surface area contributed by atoms with Gasteiger partial charge in [-0.05, 0) is 56.6 Å². The fourth-order valence-electron chi connectivity index (χ4n) is 6.26. The topological polar surface area (TPSA) is 85.9 Å². The number of benzene rings is 2. The standard InChI is InChI=1S/C34H45N7O2/c42-34(36-15-20-40-21-23-43-24-22-40)29-11-9-28(10-12-29)32-37-31-13-19-41(25-27-7-2-1-3-8-27)26-30(31)33(38-32)35-14-6-18-39-16-4-5-17-39/h1-3,7-12H,4-6,13-26H2,(H,36,42)(H,35,37,38). The molecule has 6 rings (SSSR count). The highest BCUT2D eigenvalue weighted by atomic mass is 16.5. The molecule has 2 N–H and O–H groups in total. The molecule has 3 aliphatic rings. The van der Waals surface area contributed by atoms with Crippen molar-refractivity contribution >= 4 is 11.7 Å². The first kappa shape index (κ1) is 29.7. The quantitative estimate of drug-likeness (QED) is 0.313. The van der Waals surface area contributed by atoms with Crippen molar-refractivity contribution in [3.63, 3.8) is 0 Å². The second-order valence-electron chi connectivity index (χ2n) is 11.9. The Balaban J connectivity index is 1.13. The number of aromatic nitrogens is 2. The summed E-state index contributed by atoms with van der Waals surface area (Å²) in [5, 5.41) is 6.75. The lowest BCUT2D eigenvalue weighted by molar-refractivity contribution is 0.0383. The molecule has 1 aromatic heterocycles. The fourth-order valence-corrected chi connectivity index (χ4v) is 6.26. The van der Waals surface area contributed by atoms with Crippen LogP contribution in [-0.2, 0) is 24.2 Å². The molecular weight excluding hydrogens is 538 g/mol. The van der Waals surface area contributed by atoms with Gasteiger partial charge in [-0.25, -0.2) is 9.97 Å². The Kier molecular flexibility index (Phi) is 10.3. The number of likely N-dealkylation sites (tertiary alicyclic amines) is 1. The highest BCUT2D eigenvalue weighted by molar-refractivity contribution is 5.94. The Morgan fingerprint density at radius 1 is 0.814 bits per heavy atom. The molecule has 3 aliphatic heterocycles. The zero-order valence-corrected chi connectivity index (χ0v) is 25.3. The number of amides is 1. The second kappa shape index (κ2) is 14.9. The van der Waals surface area contributed by atoms with Crippen molar-refractivity contribution < 1.29 is 9.53 Å². The van der Waals surface area contributed by atoms with Gasteiger partial charge in [0.2, 0.25) is 0 Å². The molecule has 0 bridgehead atoms. The normalized spacial score (nSPS) is 18.0. The third-order valence-electron chi connectivity index (χ3n) is 8.75. The van der Waals surface area contributed by atoms with Crippen LogP contribution in [0.15, 0.2) is 54.6 Å². The summed E-state index contributed by atoms with van der Waals surface area (Å²) in [4.78, 5) is 30.3. The van der Waals surface area contributed by atoms with Crippen LogP contribution in [-0.4, -0.2) is 103 Å². The van der Waals surface area contributed by atoms with Crippen LogP contribution in [0.3, 0.4) is 0 Å². The van der Waals surface area contributed by atoms with Gasteiger partial charge in [-0.15, -0.1) is 0 Å². The number of fused-ring (bicyclic) bond motifs is 1. The first-order valence-corrected chi connectivity index (χ1v) is 16.0. The Hall–Kier alpha value is -3.37. The summed E-state index contributed by atoms with van der Waals surface area (Å²) in [7, 11) is 0. The van der Waals surface area contributed by atoms with Crippen molar-refractivity contribution in [2.45, 2.75) is 38.8 Å². The predicted molar refractivity (Wildman–Crippen MR) is 170 cm³/mol. The molecule has 0 atom stereocenters. The largest absolute Gasteiger partial charge is 0.379 e. The van der Waals surface area contributed by atoms with Gasteiger partial charge in [0, 0.05) is 75.5 Å². The van der Waals surface area contributed by atoms with E-state index in [4.69, 9.17) is 14.7 Å². The van der Waals surface area contributed by atoms with Crippen molar-refractivity contribution in [1.29, 1.82) is 0 Å². The van der Waals surface area contributed by atoms with E-state index in [1.807, 2.05) is 24.3 Å². The predicted octanol–water partition coefficient (Wildman–Crippen LogP) is 3.66. The lowest BCUT2D eigenvalue weighted by atomic mass is 10.0. The van der Waals surface area contributed by atoms with Crippen LogP contribution in [0.1, 0.15) is 46.4 Å². The van der Waals surface area contributed by atoms with Gasteiger partial charge in [0.1, 0.15) is 5.82 Å². The highest BCUT2D eigenvalue weighted by Crippen LogP contribution is 2.28. The van der Waals surface area contributed by atoms with E-state index in [0.29, 0.717) is 12.1 Å². The summed E-state index contributed by atoms with van der Waals surface area (Å²) in [5.74, 6) is 1.62. The van der Waals surface area contributed by atoms with Gasteiger partial charge in [-0.3, -0.25) is 14.6 Å². The molecule has 2 aromatic carbocycles. The summed E-state index contributed by atoms with van der Waals surface area (Å²) in [6, 6.07) is 18.4. The van der Waals surface area contributed by atoms with E-state index >= 15 is 0 Å². The minimum Gasteiger partial charge on any atom is -0.379 e. The molecule has 0 saturated carbocycles. The number of nitrogens with zero attached hydrogens (tertiary/aromatic N) is 5. The fraction of sp³-hybridized carbons (Fsp3) is 0.500. The van der Waals surface area contributed by atoms with Gasteiger partial charge in [0.05, 0.1) is 18.9 Å². The number of ether oxygens (including phenoxy) is 1. The van der Waals surface area contributed by atoms with E-state index in [0.717, 1.165) is 101 Å². The minimum absolute atomic E-state index is 0.0509. The zero-order valence-electron chi connectivity index (χ0n) is 25.3. The van der Waals surface area contributed by atoms with Crippen molar-refractivity contribution in [2.24, 2.45) is 0 Å². The molecule has 0 radical (unpaired) electrons. The van der Waals surface area contributed by atoms with Crippen LogP contribution in [0.2, 0.25) is 0 Å². The maximum absolute atomic E-state index is 12.8. The molecule has 3 aromatic rings. The van der Waals surface area contributed by atoms with E-state index in [9.17, 15) is 4.79 Å². The molecule has 2 fully saturated rings. The first-order chi connectivity index (χ1) is 21.2. The Morgan fingerprint density at radius 3 is 2.37 bits per heavy atom. The lowest BCUT2D eigenvalue weighted by Gasteiger charge is -2.30. The highest BCUT2D eigenvalue weighted by Gasteiger charge is 2.23. The number of hydrogen-bond acceptors (Lipinski definition) is 8. The summed E-state index contributed by atoms with van der Waals surface area (Å²) in [6.45, 7) is 12.0. The van der Waals surface area contributed by atoms with E-state index in [1.165, 1.54) is 37.1 Å². The number of nitrogens with one attached hydrogen (secondary N) is 2. The average Bonchev–Trinajstić information content (AvgIpc) is 3.58. The maximum atomic E-state index is 12.8. The van der Waals surface area contributed by atoms with E-state index < -0.39 is 0 Å². The van der Waals surface area contributed by atoms with Gasteiger partial charge in [-0.1, -0.05) is 42.5 Å². The van der Waals surface area contributed by atoms with Crippen LogP contribution in [0.4, 0.5) is 5.82 Å². The smallest absolute Gasteiger partial charge is 0.251 e. The monoisotopic (exact) mass is 583 g/mol. The zero-order chi connectivity index (χ0) is 29.3. The number of anilines is 1. The molecule has 0 unspecified atom stereocenters. The third kappa shape index (κ3) is 8.17. The summed E-state index contributed by atoms with van der Waals surface area (Å²) in [6.07, 6.45) is 4.63. The molecule has 43 heavy (non-hydrogen) atoms. The van der Waals surface area contributed by atoms with E-state index in [2.05, 4.69) is 55.7 Å². The van der Waals surface area contributed by atoms with Crippen LogP contribution in [0, 0.1) is 0 Å². The number of carbonyl (C=O) groups excluding carboxylic acids is 1. The number of morpholine rings is 1. The van der Waals surface area contributed by atoms with E-state index in [-0.39, 0.29) is 5.91 Å². The maximum Gasteiger partial charge on any atom is 0.251 e. The SMILES string of the molecule is O=C(NCCN1CCOCC1)c1ccc(-c2nc3c(c(NCCCN4CCCC4)n2)CN(Cc2ccccc2)CC3)cc1. The van der Waals surface area contributed by atoms with Crippen molar-refractivity contribution in [2.75, 3.05) is 77.4 Å². The van der Waals surface area contributed by atoms with Gasteiger partial charge in [0.15, 0.2) is 5.82 Å². The molecule has 2 saturated heterocycles. The number of rotatable bonds is 12.